The van der Waals surface area contributed by atoms with E-state index in [4.69, 9.17) is 0 Å². The quantitative estimate of drug-likeness (QED) is 0.775. The molecule has 3 rings (SSSR count). The van der Waals surface area contributed by atoms with E-state index in [1.807, 2.05) is 41.8 Å². The Hall–Kier alpha value is -1.99. The van der Waals surface area contributed by atoms with Gasteiger partial charge in [-0.2, -0.15) is 9.90 Å². The highest BCUT2D eigenvalue weighted by molar-refractivity contribution is 9.10. The molecule has 7 heteroatoms. The number of benzene rings is 1. The Labute approximate surface area is 133 Å². The van der Waals surface area contributed by atoms with Gasteiger partial charge in [-0.15, -0.1) is 16.4 Å². The van der Waals surface area contributed by atoms with Crippen molar-refractivity contribution in [3.8, 4) is 5.69 Å². The van der Waals surface area contributed by atoms with E-state index >= 15 is 0 Å². The maximum absolute atomic E-state index is 12.0. The third-order valence-electron chi connectivity index (χ3n) is 2.76. The Bertz CT molecular complexity index is 753. The van der Waals surface area contributed by atoms with E-state index < -0.39 is 0 Å². The number of nitrogens with zero attached hydrogens (tertiary/aromatic N) is 3. The van der Waals surface area contributed by atoms with Gasteiger partial charge in [-0.05, 0) is 34.1 Å². The number of hydrogen-bond donors (Lipinski definition) is 1. The normalized spacial score (nSPS) is 10.5. The zero-order valence-electron chi connectivity index (χ0n) is 10.9. The van der Waals surface area contributed by atoms with E-state index in [2.05, 4.69) is 31.4 Å². The van der Waals surface area contributed by atoms with Gasteiger partial charge < -0.3 is 5.32 Å². The average molecular weight is 363 g/mol. The highest BCUT2D eigenvalue weighted by atomic mass is 79.9. The molecule has 0 atom stereocenters. The van der Waals surface area contributed by atoms with Crippen LogP contribution in [-0.4, -0.2) is 20.9 Å². The van der Waals surface area contributed by atoms with Crippen LogP contribution in [0.15, 0.2) is 52.4 Å². The lowest BCUT2D eigenvalue weighted by Gasteiger charge is -2.00. The van der Waals surface area contributed by atoms with Gasteiger partial charge in [-0.3, -0.25) is 4.79 Å². The molecule has 1 aromatic carbocycles. The van der Waals surface area contributed by atoms with Gasteiger partial charge in [0.05, 0.1) is 18.4 Å². The molecule has 0 radical (unpaired) electrons. The number of aromatic nitrogens is 3. The van der Waals surface area contributed by atoms with Gasteiger partial charge >= 0.3 is 0 Å². The van der Waals surface area contributed by atoms with Gasteiger partial charge in [-0.1, -0.05) is 18.2 Å². The number of halogens is 1. The molecule has 2 heterocycles. The fourth-order valence-corrected chi connectivity index (χ4v) is 3.15. The Morgan fingerprint density at radius 2 is 2.14 bits per heavy atom. The first-order valence-electron chi connectivity index (χ1n) is 6.21. The van der Waals surface area contributed by atoms with Gasteiger partial charge in [-0.25, -0.2) is 0 Å². The van der Waals surface area contributed by atoms with Gasteiger partial charge in [0.15, 0.2) is 5.69 Å². The maximum Gasteiger partial charge on any atom is 0.273 e. The standard InChI is InChI=1S/C14H11BrN4OS/c15-10-6-12(21-9-10)7-16-14(20)13-8-17-19(18-13)11-4-2-1-3-5-11/h1-6,8-9H,7H2,(H,16,20). The molecule has 3 aromatic rings. The second-order valence-corrected chi connectivity index (χ2v) is 6.18. The third kappa shape index (κ3) is 3.37. The molecule has 0 saturated heterocycles. The molecule has 0 saturated carbocycles. The molecule has 5 nitrogen and oxygen atoms in total. The van der Waals surface area contributed by atoms with Crippen molar-refractivity contribution in [3.05, 3.63) is 63.0 Å². The van der Waals surface area contributed by atoms with Crippen molar-refractivity contribution in [2.24, 2.45) is 0 Å². The first kappa shape index (κ1) is 14.0. The highest BCUT2D eigenvalue weighted by Crippen LogP contribution is 2.19. The SMILES string of the molecule is O=C(NCc1cc(Br)cs1)c1cnn(-c2ccccc2)n1. The summed E-state index contributed by atoms with van der Waals surface area (Å²) in [7, 11) is 0. The van der Waals surface area contributed by atoms with Crippen LogP contribution >= 0.6 is 27.3 Å². The van der Waals surface area contributed by atoms with Crippen molar-refractivity contribution in [3.63, 3.8) is 0 Å². The van der Waals surface area contributed by atoms with Crippen molar-refractivity contribution in [2.45, 2.75) is 6.54 Å². The number of thiophene rings is 1. The number of hydrogen-bond acceptors (Lipinski definition) is 4. The van der Waals surface area contributed by atoms with E-state index in [1.54, 1.807) is 11.3 Å². The minimum atomic E-state index is -0.235. The van der Waals surface area contributed by atoms with Crippen molar-refractivity contribution in [1.82, 2.24) is 20.3 Å². The van der Waals surface area contributed by atoms with Crippen LogP contribution in [0.25, 0.3) is 5.69 Å². The lowest BCUT2D eigenvalue weighted by molar-refractivity contribution is 0.0946. The van der Waals surface area contributed by atoms with Crippen LogP contribution in [0.5, 0.6) is 0 Å². The van der Waals surface area contributed by atoms with E-state index in [0.717, 1.165) is 15.0 Å². The fraction of sp³-hybridized carbons (Fsp3) is 0.0714. The number of carbonyl (C=O) groups is 1. The van der Waals surface area contributed by atoms with E-state index in [0.29, 0.717) is 12.2 Å². The van der Waals surface area contributed by atoms with Crippen LogP contribution < -0.4 is 5.32 Å². The summed E-state index contributed by atoms with van der Waals surface area (Å²) < 4.78 is 1.02. The van der Waals surface area contributed by atoms with Gasteiger partial charge in [0, 0.05) is 14.7 Å². The van der Waals surface area contributed by atoms with Crippen LogP contribution in [0.4, 0.5) is 0 Å². The molecule has 0 aliphatic heterocycles. The largest absolute Gasteiger partial charge is 0.346 e. The highest BCUT2D eigenvalue weighted by Gasteiger charge is 2.11. The summed E-state index contributed by atoms with van der Waals surface area (Å²) in [5.41, 5.74) is 1.12. The number of nitrogens with one attached hydrogen (secondary N) is 1. The lowest BCUT2D eigenvalue weighted by atomic mass is 10.3. The third-order valence-corrected chi connectivity index (χ3v) is 4.45. The topological polar surface area (TPSA) is 59.8 Å². The molecular weight excluding hydrogens is 352 g/mol. The average Bonchev–Trinajstić information content (AvgIpc) is 3.15. The molecule has 21 heavy (non-hydrogen) atoms. The molecule has 106 valence electrons. The molecule has 0 bridgehead atoms. The van der Waals surface area contributed by atoms with Crippen molar-refractivity contribution < 1.29 is 4.79 Å². The second-order valence-electron chi connectivity index (χ2n) is 4.27. The minimum absolute atomic E-state index is 0.235. The first-order valence-corrected chi connectivity index (χ1v) is 7.88. The van der Waals surface area contributed by atoms with E-state index in [9.17, 15) is 4.79 Å². The minimum Gasteiger partial charge on any atom is -0.346 e. The van der Waals surface area contributed by atoms with Crippen LogP contribution in [0.2, 0.25) is 0 Å². The zero-order chi connectivity index (χ0) is 14.7. The molecule has 0 aliphatic carbocycles. The van der Waals surface area contributed by atoms with Gasteiger partial charge in [0.25, 0.3) is 5.91 Å². The lowest BCUT2D eigenvalue weighted by Crippen LogP contribution is -2.23. The summed E-state index contributed by atoms with van der Waals surface area (Å²) >= 11 is 4.97. The molecular formula is C14H11BrN4OS. The van der Waals surface area contributed by atoms with E-state index in [1.165, 1.54) is 11.0 Å². The van der Waals surface area contributed by atoms with Crippen LogP contribution in [0, 0.1) is 0 Å². The zero-order valence-corrected chi connectivity index (χ0v) is 13.3. The van der Waals surface area contributed by atoms with Gasteiger partial charge in [0.1, 0.15) is 0 Å². The maximum atomic E-state index is 12.0. The first-order chi connectivity index (χ1) is 10.2. The molecule has 0 aliphatic rings. The van der Waals surface area contributed by atoms with Gasteiger partial charge in [0.2, 0.25) is 0 Å². The summed E-state index contributed by atoms with van der Waals surface area (Å²) in [6.45, 7) is 0.479. The summed E-state index contributed by atoms with van der Waals surface area (Å²) in [5.74, 6) is -0.235. The summed E-state index contributed by atoms with van der Waals surface area (Å²) in [4.78, 5) is 14.6. The summed E-state index contributed by atoms with van der Waals surface area (Å²) in [5, 5.41) is 13.1. The monoisotopic (exact) mass is 362 g/mol. The fourth-order valence-electron chi connectivity index (χ4n) is 1.76. The summed E-state index contributed by atoms with van der Waals surface area (Å²) in [6, 6.07) is 11.4. The van der Waals surface area contributed by atoms with Crippen LogP contribution in [0.1, 0.15) is 15.4 Å². The van der Waals surface area contributed by atoms with Crippen LogP contribution in [-0.2, 0) is 6.54 Å². The second kappa shape index (κ2) is 6.19. The number of para-hydroxylation sites is 1. The smallest absolute Gasteiger partial charge is 0.273 e. The van der Waals surface area contributed by atoms with Crippen LogP contribution in [0.3, 0.4) is 0 Å². The van der Waals surface area contributed by atoms with Crippen molar-refractivity contribution in [1.29, 1.82) is 0 Å². The predicted octanol–water partition coefficient (Wildman–Crippen LogP) is 3.02. The molecule has 1 N–H and O–H groups in total. The molecule has 0 fully saturated rings. The Morgan fingerprint density at radius 1 is 1.33 bits per heavy atom. The Balaban J connectivity index is 1.67. The number of amides is 1. The number of rotatable bonds is 4. The van der Waals surface area contributed by atoms with Crippen molar-refractivity contribution >= 4 is 33.2 Å². The van der Waals surface area contributed by atoms with Crippen molar-refractivity contribution in [2.75, 3.05) is 0 Å². The Kier molecular flexibility index (Phi) is 4.12. The van der Waals surface area contributed by atoms with E-state index in [-0.39, 0.29) is 5.91 Å². The molecule has 0 unspecified atom stereocenters. The Morgan fingerprint density at radius 3 is 2.86 bits per heavy atom. The summed E-state index contributed by atoms with van der Waals surface area (Å²) in [6.07, 6.45) is 1.46. The number of carbonyl (C=O) groups excluding carboxylic acids is 1. The molecule has 2 aromatic heterocycles. The molecule has 1 amide bonds. The predicted molar refractivity (Wildman–Crippen MR) is 84.5 cm³/mol. The molecule has 0 spiro atoms.